The maximum atomic E-state index is 13.0. The first-order valence-corrected chi connectivity index (χ1v) is 10.2. The average Bonchev–Trinajstić information content (AvgIpc) is 3.02. The highest BCUT2D eigenvalue weighted by molar-refractivity contribution is 7.17. The van der Waals surface area contributed by atoms with E-state index in [0.717, 1.165) is 16.3 Å². The molecule has 5 nitrogen and oxygen atoms in total. The Balaban J connectivity index is 1.70. The molecule has 144 valence electrons. The molecular formula is C20H24ClN3O2S. The lowest BCUT2D eigenvalue weighted by Gasteiger charge is -2.37. The largest absolute Gasteiger partial charge is 0.339 e. The summed E-state index contributed by atoms with van der Waals surface area (Å²) in [4.78, 5) is 34.3. The lowest BCUT2D eigenvalue weighted by Crippen LogP contribution is -2.53. The Morgan fingerprint density at radius 3 is 2.15 bits per heavy atom. The Morgan fingerprint density at radius 1 is 1.04 bits per heavy atom. The van der Waals surface area contributed by atoms with Crippen molar-refractivity contribution in [2.75, 3.05) is 26.2 Å². The molecule has 2 heterocycles. The second-order valence-corrected chi connectivity index (χ2v) is 9.21. The maximum absolute atomic E-state index is 13.0. The predicted octanol–water partition coefficient (Wildman–Crippen LogP) is 4.10. The second-order valence-electron chi connectivity index (χ2n) is 7.77. The molecule has 3 rings (SSSR count). The zero-order chi connectivity index (χ0) is 19.8. The van der Waals surface area contributed by atoms with Crippen LogP contribution >= 0.6 is 22.9 Å². The van der Waals surface area contributed by atoms with Crippen molar-refractivity contribution < 1.29 is 9.59 Å². The summed E-state index contributed by atoms with van der Waals surface area (Å²) in [5.74, 6) is 0.127. The van der Waals surface area contributed by atoms with Crippen LogP contribution in [0.1, 0.15) is 36.1 Å². The average molecular weight is 406 g/mol. The highest BCUT2D eigenvalue weighted by Gasteiger charge is 2.32. The van der Waals surface area contributed by atoms with Gasteiger partial charge in [-0.2, -0.15) is 0 Å². The molecule has 0 saturated carbocycles. The van der Waals surface area contributed by atoms with Gasteiger partial charge in [-0.25, -0.2) is 4.98 Å². The van der Waals surface area contributed by atoms with E-state index in [-0.39, 0.29) is 11.8 Å². The third-order valence-corrected chi connectivity index (χ3v) is 6.02. The number of halogens is 1. The number of thiazole rings is 1. The molecule has 27 heavy (non-hydrogen) atoms. The Morgan fingerprint density at radius 2 is 1.59 bits per heavy atom. The molecule has 0 N–H and O–H groups in total. The molecule has 1 fully saturated rings. The SMILES string of the molecule is Cc1nc(-c2ccc(Cl)cc2)sc1C(=O)N1CCN(C(=O)C(C)(C)C)CC1. The van der Waals surface area contributed by atoms with Crippen LogP contribution in [0.25, 0.3) is 10.6 Å². The molecule has 7 heteroatoms. The van der Waals surface area contributed by atoms with E-state index in [2.05, 4.69) is 4.98 Å². The first-order valence-electron chi connectivity index (χ1n) is 8.99. The predicted molar refractivity (Wildman–Crippen MR) is 109 cm³/mol. The third-order valence-electron chi connectivity index (χ3n) is 4.58. The summed E-state index contributed by atoms with van der Waals surface area (Å²) in [6.07, 6.45) is 0. The normalized spacial score (nSPS) is 15.1. The van der Waals surface area contributed by atoms with Gasteiger partial charge in [-0.05, 0) is 19.1 Å². The topological polar surface area (TPSA) is 53.5 Å². The fraction of sp³-hybridized carbons (Fsp3) is 0.450. The van der Waals surface area contributed by atoms with E-state index in [4.69, 9.17) is 11.6 Å². The number of carbonyl (C=O) groups excluding carboxylic acids is 2. The van der Waals surface area contributed by atoms with Crippen LogP contribution in [-0.2, 0) is 4.79 Å². The van der Waals surface area contributed by atoms with Crippen molar-refractivity contribution in [2.24, 2.45) is 5.41 Å². The summed E-state index contributed by atoms with van der Waals surface area (Å²) in [7, 11) is 0. The lowest BCUT2D eigenvalue weighted by molar-refractivity contribution is -0.140. The molecule has 0 unspecified atom stereocenters. The molecule has 0 bridgehead atoms. The van der Waals surface area contributed by atoms with Crippen LogP contribution < -0.4 is 0 Å². The molecule has 0 atom stereocenters. The van der Waals surface area contributed by atoms with Gasteiger partial charge in [-0.15, -0.1) is 11.3 Å². The monoisotopic (exact) mass is 405 g/mol. The van der Waals surface area contributed by atoms with E-state index in [1.54, 1.807) is 0 Å². The fourth-order valence-electron chi connectivity index (χ4n) is 3.04. The Labute approximate surface area is 169 Å². The molecule has 1 aromatic heterocycles. The second kappa shape index (κ2) is 7.60. The van der Waals surface area contributed by atoms with Gasteiger partial charge in [0, 0.05) is 42.2 Å². The zero-order valence-corrected chi connectivity index (χ0v) is 17.7. The van der Waals surface area contributed by atoms with Crippen LogP contribution in [0, 0.1) is 12.3 Å². The first-order chi connectivity index (χ1) is 12.7. The minimum Gasteiger partial charge on any atom is -0.339 e. The molecular weight excluding hydrogens is 382 g/mol. The summed E-state index contributed by atoms with van der Waals surface area (Å²) < 4.78 is 0. The molecule has 1 saturated heterocycles. The third kappa shape index (κ3) is 4.33. The van der Waals surface area contributed by atoms with Gasteiger partial charge in [0.25, 0.3) is 5.91 Å². The summed E-state index contributed by atoms with van der Waals surface area (Å²) in [6.45, 7) is 9.88. The summed E-state index contributed by atoms with van der Waals surface area (Å²) in [5, 5.41) is 1.49. The van der Waals surface area contributed by atoms with Gasteiger partial charge in [-0.1, -0.05) is 44.5 Å². The number of nitrogens with zero attached hydrogens (tertiary/aromatic N) is 3. The number of hydrogen-bond acceptors (Lipinski definition) is 4. The number of aromatic nitrogens is 1. The van der Waals surface area contributed by atoms with Crippen molar-refractivity contribution in [3.05, 3.63) is 39.9 Å². The van der Waals surface area contributed by atoms with Gasteiger partial charge in [0.15, 0.2) is 0 Å². The van der Waals surface area contributed by atoms with Crippen LogP contribution in [0.4, 0.5) is 0 Å². The van der Waals surface area contributed by atoms with E-state index < -0.39 is 5.41 Å². The summed E-state index contributed by atoms with van der Waals surface area (Å²) >= 11 is 7.35. The Bertz CT molecular complexity index is 847. The van der Waals surface area contributed by atoms with Gasteiger partial charge in [-0.3, -0.25) is 9.59 Å². The van der Waals surface area contributed by atoms with Crippen molar-refractivity contribution >= 4 is 34.8 Å². The smallest absolute Gasteiger partial charge is 0.265 e. The standard InChI is InChI=1S/C20H24ClN3O2S/c1-13-16(27-17(22-13)14-5-7-15(21)8-6-14)18(25)23-9-11-24(12-10-23)19(26)20(2,3)4/h5-8H,9-12H2,1-4H3. The van der Waals surface area contributed by atoms with E-state index in [0.29, 0.717) is 36.1 Å². The summed E-state index contributed by atoms with van der Waals surface area (Å²) in [6, 6.07) is 7.46. The maximum Gasteiger partial charge on any atom is 0.265 e. The molecule has 1 aliphatic heterocycles. The van der Waals surface area contributed by atoms with E-state index in [1.165, 1.54) is 11.3 Å². The fourth-order valence-corrected chi connectivity index (χ4v) is 4.21. The molecule has 2 amide bonds. The van der Waals surface area contributed by atoms with Crippen LogP contribution in [-0.4, -0.2) is 52.8 Å². The number of hydrogen-bond donors (Lipinski definition) is 0. The molecule has 1 aliphatic rings. The van der Waals surface area contributed by atoms with E-state index in [9.17, 15) is 9.59 Å². The van der Waals surface area contributed by atoms with Gasteiger partial charge in [0.1, 0.15) is 9.88 Å². The Hall–Kier alpha value is -1.92. The van der Waals surface area contributed by atoms with Crippen LogP contribution in [0.3, 0.4) is 0 Å². The number of amides is 2. The van der Waals surface area contributed by atoms with Crippen molar-refractivity contribution in [1.29, 1.82) is 0 Å². The minimum absolute atomic E-state index is 0.00642. The van der Waals surface area contributed by atoms with Gasteiger partial charge >= 0.3 is 0 Å². The van der Waals surface area contributed by atoms with E-state index in [1.807, 2.05) is 61.8 Å². The van der Waals surface area contributed by atoms with Crippen molar-refractivity contribution in [3.63, 3.8) is 0 Å². The minimum atomic E-state index is -0.395. The first kappa shape index (κ1) is 19.8. The van der Waals surface area contributed by atoms with Gasteiger partial charge in [0.05, 0.1) is 5.69 Å². The van der Waals surface area contributed by atoms with Crippen molar-refractivity contribution in [1.82, 2.24) is 14.8 Å². The lowest BCUT2D eigenvalue weighted by atomic mass is 9.94. The number of carbonyl (C=O) groups is 2. The zero-order valence-electron chi connectivity index (χ0n) is 16.1. The number of rotatable bonds is 2. The highest BCUT2D eigenvalue weighted by Crippen LogP contribution is 2.30. The van der Waals surface area contributed by atoms with Crippen LogP contribution in [0.2, 0.25) is 5.02 Å². The molecule has 2 aromatic rings. The number of piperazine rings is 1. The molecule has 0 aliphatic carbocycles. The number of aryl methyl sites for hydroxylation is 1. The van der Waals surface area contributed by atoms with Crippen LogP contribution in [0.15, 0.2) is 24.3 Å². The van der Waals surface area contributed by atoms with Gasteiger partial charge in [0.2, 0.25) is 5.91 Å². The highest BCUT2D eigenvalue weighted by atomic mass is 35.5. The molecule has 0 spiro atoms. The Kier molecular flexibility index (Phi) is 5.58. The van der Waals surface area contributed by atoms with E-state index >= 15 is 0 Å². The van der Waals surface area contributed by atoms with Gasteiger partial charge < -0.3 is 9.80 Å². The number of benzene rings is 1. The molecule has 1 aromatic carbocycles. The summed E-state index contributed by atoms with van der Waals surface area (Å²) in [5.41, 5.74) is 1.30. The van der Waals surface area contributed by atoms with Crippen molar-refractivity contribution in [3.8, 4) is 10.6 Å². The van der Waals surface area contributed by atoms with Crippen molar-refractivity contribution in [2.45, 2.75) is 27.7 Å². The molecule has 0 radical (unpaired) electrons. The quantitative estimate of drug-likeness (QED) is 0.755. The van der Waals surface area contributed by atoms with Crippen LogP contribution in [0.5, 0.6) is 0 Å².